The lowest BCUT2D eigenvalue weighted by atomic mass is 9.90. The third-order valence-electron chi connectivity index (χ3n) is 2.82. The number of imide groups is 1. The zero-order valence-corrected chi connectivity index (χ0v) is 8.74. The molecule has 4 nitrogen and oxygen atoms in total. The molecule has 1 aliphatic rings. The van der Waals surface area contributed by atoms with Crippen LogP contribution in [0.2, 0.25) is 0 Å². The topological polar surface area (TPSA) is 59.3 Å². The third kappa shape index (κ3) is 1.79. The smallest absolute Gasteiger partial charge is 0.230 e. The summed E-state index contributed by atoms with van der Waals surface area (Å²) in [5.74, 6) is 0.860. The second-order valence-corrected chi connectivity index (χ2v) is 3.96. The summed E-state index contributed by atoms with van der Waals surface area (Å²) >= 11 is 0. The van der Waals surface area contributed by atoms with E-state index in [1.165, 1.54) is 0 Å². The van der Waals surface area contributed by atoms with E-state index in [4.69, 9.17) is 4.42 Å². The van der Waals surface area contributed by atoms with Gasteiger partial charge in [0.15, 0.2) is 0 Å². The van der Waals surface area contributed by atoms with E-state index in [0.29, 0.717) is 0 Å². The van der Waals surface area contributed by atoms with Crippen molar-refractivity contribution in [2.45, 2.75) is 26.2 Å². The normalized spacial score (nSPS) is 22.9. The predicted octanol–water partition coefficient (Wildman–Crippen LogP) is 1.35. The first-order valence-electron chi connectivity index (χ1n) is 4.98. The van der Waals surface area contributed by atoms with Crippen LogP contribution in [0.25, 0.3) is 0 Å². The molecule has 1 aromatic rings. The first-order chi connectivity index (χ1) is 7.08. The second-order valence-electron chi connectivity index (χ2n) is 3.96. The number of nitrogens with one attached hydrogen (secondary N) is 1. The van der Waals surface area contributed by atoms with Gasteiger partial charge in [-0.3, -0.25) is 14.9 Å². The molecule has 1 aliphatic heterocycles. The molecule has 2 unspecified atom stereocenters. The molecule has 4 heteroatoms. The van der Waals surface area contributed by atoms with Crippen LogP contribution in [0.1, 0.15) is 30.8 Å². The van der Waals surface area contributed by atoms with E-state index in [1.54, 1.807) is 0 Å². The maximum absolute atomic E-state index is 11.4. The van der Waals surface area contributed by atoms with Crippen molar-refractivity contribution >= 4 is 11.8 Å². The molecule has 80 valence electrons. The maximum atomic E-state index is 11.4. The maximum Gasteiger partial charge on any atom is 0.230 e. The Labute approximate surface area is 87.6 Å². The van der Waals surface area contributed by atoms with E-state index in [-0.39, 0.29) is 30.1 Å². The van der Waals surface area contributed by atoms with Crippen LogP contribution in [0, 0.1) is 12.8 Å². The highest BCUT2D eigenvalue weighted by molar-refractivity contribution is 6.03. The largest absolute Gasteiger partial charge is 0.466 e. The molecule has 2 amide bonds. The van der Waals surface area contributed by atoms with E-state index in [1.807, 2.05) is 26.0 Å². The van der Waals surface area contributed by atoms with Gasteiger partial charge in [-0.2, -0.15) is 0 Å². The van der Waals surface area contributed by atoms with Crippen molar-refractivity contribution < 1.29 is 14.0 Å². The van der Waals surface area contributed by atoms with Crippen molar-refractivity contribution in [1.82, 2.24) is 5.32 Å². The van der Waals surface area contributed by atoms with Gasteiger partial charge in [0.2, 0.25) is 11.8 Å². The molecule has 0 aliphatic carbocycles. The van der Waals surface area contributed by atoms with Crippen molar-refractivity contribution in [2.75, 3.05) is 0 Å². The van der Waals surface area contributed by atoms with Crippen LogP contribution >= 0.6 is 0 Å². The molecule has 2 atom stereocenters. The van der Waals surface area contributed by atoms with E-state index in [2.05, 4.69) is 5.32 Å². The molecule has 0 saturated carbocycles. The Morgan fingerprint density at radius 3 is 2.67 bits per heavy atom. The van der Waals surface area contributed by atoms with Crippen molar-refractivity contribution in [3.05, 3.63) is 23.7 Å². The van der Waals surface area contributed by atoms with E-state index in [9.17, 15) is 9.59 Å². The molecule has 0 aromatic carbocycles. The Morgan fingerprint density at radius 1 is 1.47 bits per heavy atom. The lowest BCUT2D eigenvalue weighted by Crippen LogP contribution is -2.24. The first kappa shape index (κ1) is 9.96. The fourth-order valence-electron chi connectivity index (χ4n) is 1.87. The number of carbonyl (C=O) groups is 2. The average Bonchev–Trinajstić information content (AvgIpc) is 2.71. The van der Waals surface area contributed by atoms with Gasteiger partial charge in [0.05, 0.1) is 5.92 Å². The van der Waals surface area contributed by atoms with Gasteiger partial charge in [0.1, 0.15) is 11.5 Å². The van der Waals surface area contributed by atoms with Gasteiger partial charge in [-0.25, -0.2) is 0 Å². The molecular formula is C11H13NO3. The van der Waals surface area contributed by atoms with Crippen molar-refractivity contribution in [1.29, 1.82) is 0 Å². The molecule has 1 N–H and O–H groups in total. The number of hydrogen-bond acceptors (Lipinski definition) is 3. The summed E-state index contributed by atoms with van der Waals surface area (Å²) in [6.45, 7) is 3.76. The summed E-state index contributed by atoms with van der Waals surface area (Å²) in [5.41, 5.74) is 0. The highest BCUT2D eigenvalue weighted by Crippen LogP contribution is 2.30. The SMILES string of the molecule is Cc1ccc(C(C)C2CC(=O)NC2=O)o1. The fraction of sp³-hybridized carbons (Fsp3) is 0.455. The summed E-state index contributed by atoms with van der Waals surface area (Å²) in [7, 11) is 0. The standard InChI is InChI=1S/C11H13NO3/c1-6-3-4-9(15-6)7(2)8-5-10(13)12-11(8)14/h3-4,7-8H,5H2,1-2H3,(H,12,13,14). The molecule has 2 heterocycles. The van der Waals surface area contributed by atoms with Gasteiger partial charge < -0.3 is 4.42 Å². The third-order valence-corrected chi connectivity index (χ3v) is 2.82. The first-order valence-corrected chi connectivity index (χ1v) is 4.98. The molecule has 0 spiro atoms. The number of rotatable bonds is 2. The highest BCUT2D eigenvalue weighted by Gasteiger charge is 2.36. The number of hydrogen-bond donors (Lipinski definition) is 1. The van der Waals surface area contributed by atoms with Crippen LogP contribution in [0.15, 0.2) is 16.5 Å². The fourth-order valence-corrected chi connectivity index (χ4v) is 1.87. The van der Waals surface area contributed by atoms with Crippen LogP contribution in [0.3, 0.4) is 0 Å². The Morgan fingerprint density at radius 2 is 2.20 bits per heavy atom. The van der Waals surface area contributed by atoms with E-state index >= 15 is 0 Å². The van der Waals surface area contributed by atoms with Gasteiger partial charge in [-0.05, 0) is 19.1 Å². The number of carbonyl (C=O) groups excluding carboxylic acids is 2. The van der Waals surface area contributed by atoms with Crippen LogP contribution in [0.4, 0.5) is 0 Å². The summed E-state index contributed by atoms with van der Waals surface area (Å²) < 4.78 is 5.45. The van der Waals surface area contributed by atoms with E-state index in [0.717, 1.165) is 11.5 Å². The van der Waals surface area contributed by atoms with Gasteiger partial charge >= 0.3 is 0 Å². The Hall–Kier alpha value is -1.58. The lowest BCUT2D eigenvalue weighted by molar-refractivity contribution is -0.126. The van der Waals surface area contributed by atoms with E-state index < -0.39 is 0 Å². The quantitative estimate of drug-likeness (QED) is 0.745. The van der Waals surface area contributed by atoms with Gasteiger partial charge in [-0.1, -0.05) is 6.92 Å². The minimum atomic E-state index is -0.289. The van der Waals surface area contributed by atoms with Crippen LogP contribution in [-0.4, -0.2) is 11.8 Å². The lowest BCUT2D eigenvalue weighted by Gasteiger charge is -2.12. The van der Waals surface area contributed by atoms with Gasteiger partial charge in [0, 0.05) is 12.3 Å². The zero-order chi connectivity index (χ0) is 11.0. The Kier molecular flexibility index (Phi) is 2.34. The van der Waals surface area contributed by atoms with Crippen LogP contribution in [-0.2, 0) is 9.59 Å². The average molecular weight is 207 g/mol. The van der Waals surface area contributed by atoms with Crippen LogP contribution < -0.4 is 5.32 Å². The van der Waals surface area contributed by atoms with Crippen molar-refractivity contribution in [2.24, 2.45) is 5.92 Å². The number of amides is 2. The number of aryl methyl sites for hydroxylation is 1. The number of furan rings is 1. The second kappa shape index (κ2) is 3.53. The minimum Gasteiger partial charge on any atom is -0.466 e. The minimum absolute atomic E-state index is 0.0508. The molecule has 1 aromatic heterocycles. The zero-order valence-electron chi connectivity index (χ0n) is 8.74. The molecule has 2 rings (SSSR count). The Bertz CT molecular complexity index is 408. The van der Waals surface area contributed by atoms with Crippen molar-refractivity contribution in [3.8, 4) is 0 Å². The van der Waals surface area contributed by atoms with Gasteiger partial charge in [0.25, 0.3) is 0 Å². The molecule has 1 saturated heterocycles. The molecular weight excluding hydrogens is 194 g/mol. The summed E-state index contributed by atoms with van der Waals surface area (Å²) in [4.78, 5) is 22.5. The van der Waals surface area contributed by atoms with Gasteiger partial charge in [-0.15, -0.1) is 0 Å². The Balaban J connectivity index is 2.18. The summed E-state index contributed by atoms with van der Waals surface area (Å²) in [6, 6.07) is 3.72. The molecule has 0 bridgehead atoms. The predicted molar refractivity (Wildman–Crippen MR) is 53.1 cm³/mol. The summed E-state index contributed by atoms with van der Waals surface area (Å²) in [6.07, 6.45) is 0.264. The van der Waals surface area contributed by atoms with Crippen LogP contribution in [0.5, 0.6) is 0 Å². The monoisotopic (exact) mass is 207 g/mol. The molecule has 0 radical (unpaired) electrons. The highest BCUT2D eigenvalue weighted by atomic mass is 16.3. The molecule has 1 fully saturated rings. The molecule has 15 heavy (non-hydrogen) atoms. The summed E-state index contributed by atoms with van der Waals surface area (Å²) in [5, 5.41) is 2.30. The van der Waals surface area contributed by atoms with Crippen molar-refractivity contribution in [3.63, 3.8) is 0 Å².